The van der Waals surface area contributed by atoms with Crippen LogP contribution in [0.1, 0.15) is 62.0 Å². The lowest BCUT2D eigenvalue weighted by Crippen LogP contribution is -2.62. The Hall–Kier alpha value is -2.33. The van der Waals surface area contributed by atoms with Gasteiger partial charge in [0.05, 0.1) is 0 Å². The van der Waals surface area contributed by atoms with Gasteiger partial charge in [0.15, 0.2) is 0 Å². The summed E-state index contributed by atoms with van der Waals surface area (Å²) in [6.45, 7) is 12.9. The molecule has 1 aliphatic heterocycles. The van der Waals surface area contributed by atoms with Gasteiger partial charge in [-0.05, 0) is 102 Å². The van der Waals surface area contributed by atoms with E-state index in [-0.39, 0.29) is 23.0 Å². The van der Waals surface area contributed by atoms with Crippen molar-refractivity contribution >= 4 is 5.91 Å². The second kappa shape index (κ2) is 7.59. The third-order valence-corrected chi connectivity index (χ3v) is 5.36. The van der Waals surface area contributed by atoms with E-state index in [4.69, 9.17) is 4.74 Å². The summed E-state index contributed by atoms with van der Waals surface area (Å²) in [6, 6.07) is 13.5. The summed E-state index contributed by atoms with van der Waals surface area (Å²) in [5, 5.41) is 6.85. The van der Waals surface area contributed by atoms with Gasteiger partial charge in [0.25, 0.3) is 5.91 Å². The van der Waals surface area contributed by atoms with Crippen molar-refractivity contribution in [1.29, 1.82) is 0 Å². The fourth-order valence-electron chi connectivity index (χ4n) is 4.28. The Balaban J connectivity index is 1.64. The third-order valence-electron chi connectivity index (χ3n) is 5.36. The lowest BCUT2D eigenvalue weighted by atomic mass is 9.79. The molecule has 1 heterocycles. The Kier molecular flexibility index (Phi) is 5.53. The normalized spacial score (nSPS) is 18.5. The molecule has 0 spiro atoms. The Morgan fingerprint density at radius 3 is 2.07 bits per heavy atom. The zero-order valence-corrected chi connectivity index (χ0v) is 17.8. The van der Waals surface area contributed by atoms with E-state index in [0.717, 1.165) is 24.3 Å². The average Bonchev–Trinajstić information content (AvgIpc) is 2.56. The molecule has 28 heavy (non-hydrogen) atoms. The number of hydrogen-bond donors (Lipinski definition) is 2. The van der Waals surface area contributed by atoms with E-state index in [0.29, 0.717) is 5.56 Å². The minimum atomic E-state index is -0.0313. The molecule has 1 aliphatic rings. The van der Waals surface area contributed by atoms with Gasteiger partial charge in [0.1, 0.15) is 11.5 Å². The molecule has 2 aromatic carbocycles. The Labute approximate surface area is 168 Å². The van der Waals surface area contributed by atoms with Crippen molar-refractivity contribution in [3.63, 3.8) is 0 Å². The van der Waals surface area contributed by atoms with Gasteiger partial charge in [-0.25, -0.2) is 0 Å². The van der Waals surface area contributed by atoms with Crippen molar-refractivity contribution in [3.8, 4) is 11.5 Å². The number of benzene rings is 2. The molecule has 0 saturated carbocycles. The molecule has 2 N–H and O–H groups in total. The van der Waals surface area contributed by atoms with E-state index >= 15 is 0 Å². The minimum Gasteiger partial charge on any atom is -0.457 e. The van der Waals surface area contributed by atoms with Gasteiger partial charge in [-0.2, -0.15) is 0 Å². The fraction of sp³-hybridized carbons (Fsp3) is 0.458. The summed E-state index contributed by atoms with van der Waals surface area (Å²) in [4.78, 5) is 12.7. The third kappa shape index (κ3) is 5.14. The first-order valence-corrected chi connectivity index (χ1v) is 9.98. The number of hydrogen-bond acceptors (Lipinski definition) is 3. The minimum absolute atomic E-state index is 0.00353. The topological polar surface area (TPSA) is 50.4 Å². The van der Waals surface area contributed by atoms with Crippen molar-refractivity contribution < 1.29 is 9.53 Å². The summed E-state index contributed by atoms with van der Waals surface area (Å²) in [5.74, 6) is 1.50. The summed E-state index contributed by atoms with van der Waals surface area (Å²) in [7, 11) is 0. The Bertz CT molecular complexity index is 837. The van der Waals surface area contributed by atoms with E-state index in [1.807, 2.05) is 36.4 Å². The van der Waals surface area contributed by atoms with Gasteiger partial charge in [0.2, 0.25) is 0 Å². The summed E-state index contributed by atoms with van der Waals surface area (Å²) in [5.41, 5.74) is 3.10. The van der Waals surface area contributed by atoms with Crippen molar-refractivity contribution in [2.45, 2.75) is 71.5 Å². The largest absolute Gasteiger partial charge is 0.457 e. The van der Waals surface area contributed by atoms with Crippen LogP contribution in [0.4, 0.5) is 0 Å². The average molecular weight is 381 g/mol. The number of nitrogens with one attached hydrogen (secondary N) is 2. The van der Waals surface area contributed by atoms with Crippen molar-refractivity contribution in [1.82, 2.24) is 10.6 Å². The maximum atomic E-state index is 12.7. The van der Waals surface area contributed by atoms with E-state index in [1.165, 1.54) is 11.1 Å². The smallest absolute Gasteiger partial charge is 0.251 e. The van der Waals surface area contributed by atoms with Crippen molar-refractivity contribution in [3.05, 3.63) is 59.2 Å². The molecule has 0 aliphatic carbocycles. The summed E-state index contributed by atoms with van der Waals surface area (Å²) >= 11 is 0. The van der Waals surface area contributed by atoms with E-state index < -0.39 is 0 Å². The highest BCUT2D eigenvalue weighted by atomic mass is 16.5. The number of carbonyl (C=O) groups is 1. The molecule has 0 atom stereocenters. The second-order valence-corrected chi connectivity index (χ2v) is 9.34. The fourth-order valence-corrected chi connectivity index (χ4v) is 4.28. The molecule has 4 nitrogen and oxygen atoms in total. The number of rotatable bonds is 4. The highest BCUT2D eigenvalue weighted by molar-refractivity contribution is 5.94. The Morgan fingerprint density at radius 2 is 1.50 bits per heavy atom. The van der Waals surface area contributed by atoms with Gasteiger partial charge in [-0.1, -0.05) is 6.07 Å². The van der Waals surface area contributed by atoms with Crippen LogP contribution in [-0.4, -0.2) is 23.0 Å². The van der Waals surface area contributed by atoms with Gasteiger partial charge < -0.3 is 15.4 Å². The van der Waals surface area contributed by atoms with Gasteiger partial charge in [-0.3, -0.25) is 4.79 Å². The first kappa shape index (κ1) is 20.4. The maximum Gasteiger partial charge on any atom is 0.251 e. The van der Waals surface area contributed by atoms with E-state index in [1.54, 1.807) is 0 Å². The highest BCUT2D eigenvalue weighted by Gasteiger charge is 2.38. The molecule has 3 rings (SSSR count). The number of amides is 1. The molecule has 0 radical (unpaired) electrons. The van der Waals surface area contributed by atoms with Crippen LogP contribution < -0.4 is 15.4 Å². The molecule has 0 aromatic heterocycles. The van der Waals surface area contributed by atoms with Gasteiger partial charge in [0, 0.05) is 22.7 Å². The predicted molar refractivity (Wildman–Crippen MR) is 114 cm³/mol. The van der Waals surface area contributed by atoms with Crippen LogP contribution in [0.25, 0.3) is 0 Å². The van der Waals surface area contributed by atoms with Crippen LogP contribution in [0.3, 0.4) is 0 Å². The summed E-state index contributed by atoms with van der Waals surface area (Å²) < 4.78 is 5.91. The Morgan fingerprint density at radius 1 is 0.929 bits per heavy atom. The molecule has 1 saturated heterocycles. The molecule has 150 valence electrons. The molecule has 1 amide bonds. The van der Waals surface area contributed by atoms with Crippen molar-refractivity contribution in [2.75, 3.05) is 0 Å². The molecule has 0 unspecified atom stereocenters. The number of carbonyl (C=O) groups excluding carboxylic acids is 1. The van der Waals surface area contributed by atoms with Crippen LogP contribution in [0, 0.1) is 13.8 Å². The second-order valence-electron chi connectivity index (χ2n) is 9.34. The maximum absolute atomic E-state index is 12.7. The van der Waals surface area contributed by atoms with Crippen LogP contribution >= 0.6 is 0 Å². The zero-order valence-electron chi connectivity index (χ0n) is 17.8. The summed E-state index contributed by atoms with van der Waals surface area (Å²) in [6.07, 6.45) is 1.83. The first-order valence-electron chi connectivity index (χ1n) is 9.98. The molecule has 1 fully saturated rings. The molecule has 2 aromatic rings. The lowest BCUT2D eigenvalue weighted by Gasteiger charge is -2.46. The van der Waals surface area contributed by atoms with Crippen LogP contribution in [0.2, 0.25) is 0 Å². The quantitative estimate of drug-likeness (QED) is 0.773. The van der Waals surface area contributed by atoms with Crippen molar-refractivity contribution in [2.24, 2.45) is 0 Å². The van der Waals surface area contributed by atoms with E-state index in [9.17, 15) is 4.79 Å². The van der Waals surface area contributed by atoms with Crippen LogP contribution in [0.15, 0.2) is 42.5 Å². The zero-order chi connectivity index (χ0) is 20.5. The van der Waals surface area contributed by atoms with Crippen LogP contribution in [0.5, 0.6) is 11.5 Å². The van der Waals surface area contributed by atoms with Gasteiger partial charge >= 0.3 is 0 Å². The first-order chi connectivity index (χ1) is 13.0. The number of ether oxygens (including phenoxy) is 1. The van der Waals surface area contributed by atoms with Gasteiger partial charge in [-0.15, -0.1) is 0 Å². The predicted octanol–water partition coefficient (Wildman–Crippen LogP) is 5.13. The van der Waals surface area contributed by atoms with Crippen LogP contribution in [-0.2, 0) is 0 Å². The monoisotopic (exact) mass is 380 g/mol. The number of piperidine rings is 1. The highest BCUT2D eigenvalue weighted by Crippen LogP contribution is 2.29. The number of aryl methyl sites for hydroxylation is 2. The standard InChI is InChI=1S/C24H32N2O2/c1-16-7-10-21(13-17(16)2)28-20-11-8-18(9-12-20)22(27)25-19-14-23(3,4)26-24(5,6)15-19/h7-13,19,26H,14-15H2,1-6H3,(H,25,27). The SMILES string of the molecule is Cc1ccc(Oc2ccc(C(=O)NC3CC(C)(C)NC(C)(C)C3)cc2)cc1C. The molecule has 0 bridgehead atoms. The lowest BCUT2D eigenvalue weighted by molar-refractivity contribution is 0.0873. The molecular weight excluding hydrogens is 348 g/mol. The molecule has 4 heteroatoms. The van der Waals surface area contributed by atoms with E-state index in [2.05, 4.69) is 58.2 Å². The molecular formula is C24H32N2O2.